The van der Waals surface area contributed by atoms with Crippen LogP contribution < -0.4 is 5.32 Å². The van der Waals surface area contributed by atoms with Crippen LogP contribution in [0, 0.1) is 18.8 Å². The standard InChI is InChI=1S/C35H51N3O4S/c1-7-42-32(22-38-21-26-15-12-11-14-25(26)20-29(38)33(40)36-35(3,4)5)30(23-43-27-16-9-8-10-17-27)37(6)34(41)28-18-13-19-31(39)24(28)2/h8-10,13,16-19,25-26,29-30,32,39H,7,11-12,14-15,20-23H2,1-6H3,(H,36,40)/t25-,26+,29-,30-,32+/m0/s1. The van der Waals surface area contributed by atoms with E-state index in [9.17, 15) is 14.7 Å². The minimum absolute atomic E-state index is 0.0850. The highest BCUT2D eigenvalue weighted by molar-refractivity contribution is 7.99. The first-order valence-electron chi connectivity index (χ1n) is 15.9. The minimum atomic E-state index is -0.313. The molecule has 2 amide bonds. The fourth-order valence-electron chi connectivity index (χ4n) is 6.72. The lowest BCUT2D eigenvalue weighted by Gasteiger charge is -2.48. The zero-order valence-electron chi connectivity index (χ0n) is 26.8. The molecule has 2 aliphatic rings. The molecule has 7 nitrogen and oxygen atoms in total. The van der Waals surface area contributed by atoms with Crippen LogP contribution in [0.2, 0.25) is 0 Å². The number of phenols is 1. The predicted octanol–water partition coefficient (Wildman–Crippen LogP) is 6.13. The summed E-state index contributed by atoms with van der Waals surface area (Å²) in [6, 6.07) is 14.8. The molecule has 1 saturated heterocycles. The summed E-state index contributed by atoms with van der Waals surface area (Å²) in [6.07, 6.45) is 5.46. The van der Waals surface area contributed by atoms with Gasteiger partial charge >= 0.3 is 0 Å². The van der Waals surface area contributed by atoms with E-state index < -0.39 is 0 Å². The summed E-state index contributed by atoms with van der Waals surface area (Å²) >= 11 is 1.71. The molecule has 2 aromatic carbocycles. The molecule has 2 N–H and O–H groups in total. The molecule has 4 rings (SSSR count). The molecule has 8 heteroatoms. The number of carbonyl (C=O) groups is 2. The van der Waals surface area contributed by atoms with Crippen molar-refractivity contribution in [2.45, 2.75) is 95.3 Å². The first-order valence-corrected chi connectivity index (χ1v) is 16.9. The number of amides is 2. The van der Waals surface area contributed by atoms with Gasteiger partial charge in [0.05, 0.1) is 18.2 Å². The maximum atomic E-state index is 14.0. The third-order valence-electron chi connectivity index (χ3n) is 9.04. The molecule has 0 radical (unpaired) electrons. The number of aromatic hydroxyl groups is 1. The molecule has 1 heterocycles. The molecule has 236 valence electrons. The van der Waals surface area contributed by atoms with Gasteiger partial charge in [-0.3, -0.25) is 14.5 Å². The normalized spacial score (nSPS) is 22.3. The second kappa shape index (κ2) is 15.0. The molecule has 0 bridgehead atoms. The zero-order chi connectivity index (χ0) is 31.1. The van der Waals surface area contributed by atoms with E-state index >= 15 is 0 Å². The van der Waals surface area contributed by atoms with E-state index in [2.05, 4.69) is 22.3 Å². The molecule has 0 unspecified atom stereocenters. The number of thioether (sulfide) groups is 1. The van der Waals surface area contributed by atoms with Gasteiger partial charge in [0, 0.05) is 54.1 Å². The Morgan fingerprint density at radius 1 is 1.09 bits per heavy atom. The number of rotatable bonds is 11. The highest BCUT2D eigenvalue weighted by Gasteiger charge is 2.42. The van der Waals surface area contributed by atoms with Crippen molar-refractivity contribution in [1.82, 2.24) is 15.1 Å². The van der Waals surface area contributed by atoms with Crippen molar-refractivity contribution in [3.63, 3.8) is 0 Å². The minimum Gasteiger partial charge on any atom is -0.508 e. The van der Waals surface area contributed by atoms with E-state index in [0.717, 1.165) is 17.9 Å². The fraction of sp³-hybridized carbons (Fsp3) is 0.600. The van der Waals surface area contributed by atoms with E-state index in [-0.39, 0.29) is 41.3 Å². The number of hydrogen-bond donors (Lipinski definition) is 2. The second-order valence-corrected chi connectivity index (χ2v) is 14.4. The Hall–Kier alpha value is -2.55. The van der Waals surface area contributed by atoms with Crippen molar-refractivity contribution >= 4 is 23.6 Å². The number of nitrogens with zero attached hydrogens (tertiary/aromatic N) is 2. The number of likely N-dealkylation sites (N-methyl/N-ethyl adjacent to an activating group) is 1. The first-order chi connectivity index (χ1) is 20.5. The van der Waals surface area contributed by atoms with Crippen LogP contribution in [-0.4, -0.2) is 82.9 Å². The molecule has 43 heavy (non-hydrogen) atoms. The van der Waals surface area contributed by atoms with E-state index in [1.165, 1.54) is 25.7 Å². The van der Waals surface area contributed by atoms with Gasteiger partial charge in [0.25, 0.3) is 5.91 Å². The van der Waals surface area contributed by atoms with Crippen LogP contribution in [0.25, 0.3) is 0 Å². The summed E-state index contributed by atoms with van der Waals surface area (Å²) in [6.45, 7) is 11.8. The lowest BCUT2D eigenvalue weighted by molar-refractivity contribution is -0.133. The summed E-state index contributed by atoms with van der Waals surface area (Å²) in [5, 5.41) is 13.6. The monoisotopic (exact) mass is 609 g/mol. The van der Waals surface area contributed by atoms with Crippen LogP contribution in [-0.2, 0) is 9.53 Å². The van der Waals surface area contributed by atoms with E-state index in [1.54, 1.807) is 41.8 Å². The maximum Gasteiger partial charge on any atom is 0.254 e. The van der Waals surface area contributed by atoms with Crippen LogP contribution in [0.1, 0.15) is 75.7 Å². The quantitative estimate of drug-likeness (QED) is 0.298. The summed E-state index contributed by atoms with van der Waals surface area (Å²) in [4.78, 5) is 33.0. The summed E-state index contributed by atoms with van der Waals surface area (Å²) in [7, 11) is 1.84. The summed E-state index contributed by atoms with van der Waals surface area (Å²) in [5.41, 5.74) is 0.740. The Kier molecular flexibility index (Phi) is 11.6. The average molecular weight is 610 g/mol. The third kappa shape index (κ3) is 8.77. The van der Waals surface area contributed by atoms with Crippen molar-refractivity contribution in [1.29, 1.82) is 0 Å². The summed E-state index contributed by atoms with van der Waals surface area (Å²) in [5.74, 6) is 1.84. The number of hydrogen-bond acceptors (Lipinski definition) is 6. The van der Waals surface area contributed by atoms with Crippen LogP contribution in [0.15, 0.2) is 53.4 Å². The number of nitrogens with one attached hydrogen (secondary N) is 1. The van der Waals surface area contributed by atoms with Crippen LogP contribution >= 0.6 is 11.8 Å². The van der Waals surface area contributed by atoms with Gasteiger partial charge in [0.1, 0.15) is 5.75 Å². The molecule has 1 aliphatic carbocycles. The number of fused-ring (bicyclic) bond motifs is 1. The van der Waals surface area contributed by atoms with E-state index in [0.29, 0.717) is 41.9 Å². The van der Waals surface area contributed by atoms with Crippen molar-refractivity contribution in [3.8, 4) is 5.75 Å². The molecular weight excluding hydrogens is 558 g/mol. The van der Waals surface area contributed by atoms with Crippen molar-refractivity contribution in [2.75, 3.05) is 32.5 Å². The van der Waals surface area contributed by atoms with Gasteiger partial charge in [-0.25, -0.2) is 0 Å². The molecule has 2 fully saturated rings. The molecule has 1 aliphatic heterocycles. The highest BCUT2D eigenvalue weighted by atomic mass is 32.2. The van der Waals surface area contributed by atoms with E-state index in [4.69, 9.17) is 4.74 Å². The Morgan fingerprint density at radius 3 is 2.47 bits per heavy atom. The van der Waals surface area contributed by atoms with Crippen molar-refractivity contribution < 1.29 is 19.4 Å². The average Bonchev–Trinajstić information content (AvgIpc) is 2.97. The van der Waals surface area contributed by atoms with Crippen LogP contribution in [0.3, 0.4) is 0 Å². The van der Waals surface area contributed by atoms with Gasteiger partial charge in [0.15, 0.2) is 0 Å². The number of carbonyl (C=O) groups excluding carboxylic acids is 2. The SMILES string of the molecule is CCO[C@H](CN1C[C@H]2CCCC[C@H]2C[C@H]1C(=O)NC(C)(C)C)[C@H](CSc1ccccc1)N(C)C(=O)c1cccc(O)c1C. The molecule has 1 saturated carbocycles. The number of ether oxygens (including phenoxy) is 1. The van der Waals surface area contributed by atoms with Crippen LogP contribution in [0.4, 0.5) is 0 Å². The predicted molar refractivity (Wildman–Crippen MR) is 175 cm³/mol. The Labute approximate surface area is 262 Å². The largest absolute Gasteiger partial charge is 0.508 e. The lowest BCUT2D eigenvalue weighted by Crippen LogP contribution is -2.60. The number of likely N-dealkylation sites (tertiary alicyclic amines) is 1. The van der Waals surface area contributed by atoms with Gasteiger partial charge in [-0.2, -0.15) is 0 Å². The number of benzene rings is 2. The molecular formula is C35H51N3O4S. The van der Waals surface area contributed by atoms with Crippen LogP contribution in [0.5, 0.6) is 5.75 Å². The Morgan fingerprint density at radius 2 is 1.79 bits per heavy atom. The third-order valence-corrected chi connectivity index (χ3v) is 10.2. The molecule has 0 spiro atoms. The maximum absolute atomic E-state index is 14.0. The van der Waals surface area contributed by atoms with Gasteiger partial charge in [-0.1, -0.05) is 43.5 Å². The highest BCUT2D eigenvalue weighted by Crippen LogP contribution is 2.39. The first kappa shape index (κ1) is 33.3. The molecule has 0 aromatic heterocycles. The Balaban J connectivity index is 1.64. The van der Waals surface area contributed by atoms with Crippen molar-refractivity contribution in [3.05, 3.63) is 59.7 Å². The number of piperidine rings is 1. The lowest BCUT2D eigenvalue weighted by atomic mass is 9.72. The van der Waals surface area contributed by atoms with Gasteiger partial charge in [0.2, 0.25) is 5.91 Å². The van der Waals surface area contributed by atoms with Gasteiger partial charge in [-0.15, -0.1) is 11.8 Å². The molecule has 5 atom stereocenters. The van der Waals surface area contributed by atoms with Gasteiger partial charge < -0.3 is 20.1 Å². The smallest absolute Gasteiger partial charge is 0.254 e. The van der Waals surface area contributed by atoms with Crippen molar-refractivity contribution in [2.24, 2.45) is 11.8 Å². The Bertz CT molecular complexity index is 1220. The number of phenolic OH excluding ortho intramolecular Hbond substituents is 1. The fourth-order valence-corrected chi connectivity index (χ4v) is 7.87. The second-order valence-electron chi connectivity index (χ2n) is 13.3. The van der Waals surface area contributed by atoms with Gasteiger partial charge in [-0.05, 0) is 83.6 Å². The molecule has 2 aromatic rings. The zero-order valence-corrected chi connectivity index (χ0v) is 27.7. The summed E-state index contributed by atoms with van der Waals surface area (Å²) < 4.78 is 6.49. The topological polar surface area (TPSA) is 82.1 Å². The van der Waals surface area contributed by atoms with E-state index in [1.807, 2.05) is 52.9 Å².